The van der Waals surface area contributed by atoms with Crippen molar-refractivity contribution in [3.63, 3.8) is 0 Å². The molecule has 1 aliphatic rings. The molecule has 0 amide bonds. The Labute approximate surface area is 263 Å². The summed E-state index contributed by atoms with van der Waals surface area (Å²) in [6.07, 6.45) is -5.41. The van der Waals surface area contributed by atoms with Crippen LogP contribution in [0.1, 0.15) is 38.7 Å². The van der Waals surface area contributed by atoms with Gasteiger partial charge in [-0.1, -0.05) is 26.0 Å². The Bertz CT molecular complexity index is 1440. The van der Waals surface area contributed by atoms with Crippen molar-refractivity contribution in [2.75, 3.05) is 38.7 Å². The van der Waals surface area contributed by atoms with E-state index in [1.165, 1.54) is 19.1 Å². The maximum absolute atomic E-state index is 14.0. The van der Waals surface area contributed by atoms with E-state index in [0.717, 1.165) is 24.9 Å². The molecule has 3 rings (SSSR count). The highest BCUT2D eigenvalue weighted by molar-refractivity contribution is 6.10. The lowest BCUT2D eigenvalue weighted by atomic mass is 9.75. The largest absolute Gasteiger partial charge is 0.491 e. The molecule has 250 valence electrons. The lowest BCUT2D eigenvalue weighted by Crippen LogP contribution is -2.43. The van der Waals surface area contributed by atoms with E-state index in [-0.39, 0.29) is 36.1 Å². The highest BCUT2D eigenvalue weighted by Gasteiger charge is 2.52. The van der Waals surface area contributed by atoms with Gasteiger partial charge in [-0.3, -0.25) is 19.9 Å². The molecule has 0 aromatic heterocycles. The first-order chi connectivity index (χ1) is 21.7. The number of non-ortho nitro benzene ring substituents is 1. The Morgan fingerprint density at radius 1 is 1.15 bits per heavy atom. The summed E-state index contributed by atoms with van der Waals surface area (Å²) in [5.74, 6) is -5.48. The Balaban J connectivity index is 1.68. The summed E-state index contributed by atoms with van der Waals surface area (Å²) < 4.78 is 57.8. The van der Waals surface area contributed by atoms with E-state index in [2.05, 4.69) is 20.4 Å². The minimum atomic E-state index is -5.06. The van der Waals surface area contributed by atoms with Gasteiger partial charge in [0, 0.05) is 48.6 Å². The number of benzene rings is 2. The number of nitrogens with zero attached hydrogens (tertiary/aromatic N) is 2. The number of alkyl halides is 3. The Hall–Kier alpha value is -4.50. The van der Waals surface area contributed by atoms with E-state index in [0.29, 0.717) is 25.3 Å². The molecule has 0 aliphatic carbocycles. The number of carbonyl (C=O) groups is 2. The highest BCUT2D eigenvalue weighted by Crippen LogP contribution is 2.44. The van der Waals surface area contributed by atoms with E-state index in [1.54, 1.807) is 24.3 Å². The van der Waals surface area contributed by atoms with E-state index < -0.39 is 52.4 Å². The zero-order valence-electron chi connectivity index (χ0n) is 25.8. The third-order valence-electron chi connectivity index (χ3n) is 6.96. The third-order valence-corrected chi connectivity index (χ3v) is 6.96. The lowest BCUT2D eigenvalue weighted by Gasteiger charge is -2.32. The predicted molar refractivity (Wildman–Crippen MR) is 163 cm³/mol. The van der Waals surface area contributed by atoms with Crippen molar-refractivity contribution in [3.05, 3.63) is 75.5 Å². The summed E-state index contributed by atoms with van der Waals surface area (Å²) in [7, 11) is 0.897. The molecule has 2 aromatic carbocycles. The topological polar surface area (TPSA) is 162 Å². The van der Waals surface area contributed by atoms with E-state index >= 15 is 0 Å². The molecule has 3 atom stereocenters. The van der Waals surface area contributed by atoms with Crippen LogP contribution in [0, 0.1) is 16.0 Å². The van der Waals surface area contributed by atoms with Crippen LogP contribution in [0.2, 0.25) is 0 Å². The zero-order chi connectivity index (χ0) is 34.0. The summed E-state index contributed by atoms with van der Waals surface area (Å²) in [6, 6.07) is 11.9. The highest BCUT2D eigenvalue weighted by atomic mass is 19.4. The number of nitrogens with one attached hydrogen (secondary N) is 2. The SMILES string of the molecule is COC(=O)C1C(C(F)(F)F)=NC(C)=C(C(=O)OCCCNc2ccc(OCC(O)CNC(C)C)cc2)C1c1cccc([N+](=O)[O-])c1. The number of nitro groups is 1. The third kappa shape index (κ3) is 9.75. The molecule has 15 heteroatoms. The molecule has 3 N–H and O–H groups in total. The number of methoxy groups -OCH3 is 1. The summed E-state index contributed by atoms with van der Waals surface area (Å²) in [4.78, 5) is 40.3. The number of esters is 2. The number of carbonyl (C=O) groups excluding carboxylic acids is 2. The number of hydrogen-bond acceptors (Lipinski definition) is 11. The first-order valence-corrected chi connectivity index (χ1v) is 14.5. The summed E-state index contributed by atoms with van der Waals surface area (Å²) in [6.45, 7) is 5.89. The van der Waals surface area contributed by atoms with Crippen LogP contribution in [0.25, 0.3) is 0 Å². The molecule has 0 bridgehead atoms. The van der Waals surface area contributed by atoms with E-state index in [9.17, 15) is 38.0 Å². The average molecular weight is 651 g/mol. The molecule has 0 saturated heterocycles. The molecule has 3 unspecified atom stereocenters. The van der Waals surface area contributed by atoms with Gasteiger partial charge in [0.2, 0.25) is 0 Å². The summed E-state index contributed by atoms with van der Waals surface area (Å²) >= 11 is 0. The molecular weight excluding hydrogens is 613 g/mol. The van der Waals surface area contributed by atoms with Crippen molar-refractivity contribution >= 4 is 29.0 Å². The fourth-order valence-electron chi connectivity index (χ4n) is 4.78. The van der Waals surface area contributed by atoms with Gasteiger partial charge in [-0.25, -0.2) is 4.79 Å². The second kappa shape index (κ2) is 16.2. The van der Waals surface area contributed by atoms with Gasteiger partial charge in [-0.2, -0.15) is 13.2 Å². The molecule has 0 radical (unpaired) electrons. The predicted octanol–water partition coefficient (Wildman–Crippen LogP) is 4.54. The van der Waals surface area contributed by atoms with Crippen molar-refractivity contribution in [1.29, 1.82) is 0 Å². The molecule has 2 aromatic rings. The number of aliphatic hydroxyl groups is 1. The van der Waals surface area contributed by atoms with Crippen LogP contribution in [0.5, 0.6) is 5.75 Å². The Morgan fingerprint density at radius 3 is 2.46 bits per heavy atom. The molecule has 12 nitrogen and oxygen atoms in total. The molecular formula is C31H37F3N4O8. The van der Waals surface area contributed by atoms with E-state index in [1.807, 2.05) is 13.8 Å². The number of rotatable bonds is 15. The van der Waals surface area contributed by atoms with Crippen LogP contribution in [-0.2, 0) is 19.1 Å². The fourth-order valence-corrected chi connectivity index (χ4v) is 4.78. The van der Waals surface area contributed by atoms with Crippen LogP contribution in [-0.4, -0.2) is 79.4 Å². The average Bonchev–Trinajstić information content (AvgIpc) is 3.01. The van der Waals surface area contributed by atoms with Gasteiger partial charge in [0.15, 0.2) is 0 Å². The number of anilines is 1. The van der Waals surface area contributed by atoms with Gasteiger partial charge in [0.05, 0.1) is 24.2 Å². The monoisotopic (exact) mass is 650 g/mol. The van der Waals surface area contributed by atoms with E-state index in [4.69, 9.17) is 9.47 Å². The van der Waals surface area contributed by atoms with Crippen molar-refractivity contribution < 1.29 is 47.0 Å². The quantitative estimate of drug-likeness (QED) is 0.108. The molecule has 0 fully saturated rings. The maximum atomic E-state index is 14.0. The van der Waals surface area contributed by atoms with Gasteiger partial charge in [0.25, 0.3) is 5.69 Å². The number of hydrogen-bond donors (Lipinski definition) is 3. The Morgan fingerprint density at radius 2 is 1.85 bits per heavy atom. The lowest BCUT2D eigenvalue weighted by molar-refractivity contribution is -0.384. The normalized spacial score (nSPS) is 17.3. The molecule has 46 heavy (non-hydrogen) atoms. The molecule has 1 aliphatic heterocycles. The zero-order valence-corrected chi connectivity index (χ0v) is 25.8. The van der Waals surface area contributed by atoms with Crippen LogP contribution in [0.15, 0.2) is 64.8 Å². The van der Waals surface area contributed by atoms with Crippen molar-refractivity contribution in [2.45, 2.75) is 51.4 Å². The number of allylic oxidation sites excluding steroid dienone is 1. The van der Waals surface area contributed by atoms with Gasteiger partial charge in [0.1, 0.15) is 30.1 Å². The van der Waals surface area contributed by atoms with Gasteiger partial charge in [-0.15, -0.1) is 0 Å². The standard InChI is InChI=1S/C31H37F3N4O8/c1-18(2)36-16-23(39)17-46-24-11-9-21(10-12-24)35-13-6-14-45-30(41)25-19(3)37-28(31(32,33)34)27(29(40)44-4)26(25)20-7-5-8-22(15-20)38(42)43/h5,7-12,15,18,23,26-27,35-36,39H,6,13-14,16-17H2,1-4H3. The Kier molecular flexibility index (Phi) is 12.7. The van der Waals surface area contributed by atoms with Crippen molar-refractivity contribution in [1.82, 2.24) is 5.32 Å². The van der Waals surface area contributed by atoms with Crippen LogP contribution in [0.3, 0.4) is 0 Å². The number of nitro benzene ring substituents is 1. The van der Waals surface area contributed by atoms with Crippen LogP contribution < -0.4 is 15.4 Å². The fraction of sp³-hybridized carbons (Fsp3) is 0.452. The second-order valence-electron chi connectivity index (χ2n) is 10.8. The number of aliphatic hydroxyl groups excluding tert-OH is 1. The van der Waals surface area contributed by atoms with Gasteiger partial charge >= 0.3 is 18.1 Å². The van der Waals surface area contributed by atoms with Crippen molar-refractivity contribution in [3.8, 4) is 5.75 Å². The smallest absolute Gasteiger partial charge is 0.430 e. The number of halogens is 3. The summed E-state index contributed by atoms with van der Waals surface area (Å²) in [5, 5.41) is 27.7. The minimum absolute atomic E-state index is 0.0802. The van der Waals surface area contributed by atoms with Crippen LogP contribution >= 0.6 is 0 Å². The summed E-state index contributed by atoms with van der Waals surface area (Å²) in [5.41, 5.74) is -1.93. The van der Waals surface area contributed by atoms with Crippen LogP contribution in [0.4, 0.5) is 24.5 Å². The molecule has 1 heterocycles. The second-order valence-corrected chi connectivity index (χ2v) is 10.8. The first-order valence-electron chi connectivity index (χ1n) is 14.5. The van der Waals surface area contributed by atoms with Gasteiger partial charge in [-0.05, 0) is 43.2 Å². The van der Waals surface area contributed by atoms with Gasteiger partial charge < -0.3 is 30.0 Å². The number of ether oxygens (including phenoxy) is 3. The van der Waals surface area contributed by atoms with Crippen molar-refractivity contribution in [2.24, 2.45) is 10.9 Å². The molecule has 0 spiro atoms. The minimum Gasteiger partial charge on any atom is -0.491 e. The maximum Gasteiger partial charge on any atom is 0.430 e. The first kappa shape index (κ1) is 36.0. The molecule has 0 saturated carbocycles. The number of aliphatic imine (C=N–C) groups is 1.